The summed E-state index contributed by atoms with van der Waals surface area (Å²) < 4.78 is 30.3. The highest BCUT2D eigenvalue weighted by Crippen LogP contribution is 2.50. The highest BCUT2D eigenvalue weighted by molar-refractivity contribution is 7.49. The number of para-hydroxylation sites is 2. The van der Waals surface area contributed by atoms with Crippen LogP contribution in [0.15, 0.2) is 91.0 Å². The first-order valence-corrected chi connectivity index (χ1v) is 9.91. The molecule has 0 N–H and O–H groups in total. The van der Waals surface area contributed by atoms with Crippen LogP contribution in [0, 0.1) is 0 Å². The molecule has 0 radical (unpaired) electrons. The zero-order valence-corrected chi connectivity index (χ0v) is 15.4. The molecule has 3 aromatic carbocycles. The largest absolute Gasteiger partial charge is 0.587 e. The van der Waals surface area contributed by atoms with E-state index < -0.39 is 7.82 Å². The number of phosphoric acid groups is 1. The quantitative estimate of drug-likeness (QED) is 0.464. The molecule has 0 saturated carbocycles. The van der Waals surface area contributed by atoms with Crippen molar-refractivity contribution in [2.24, 2.45) is 0 Å². The molecule has 4 nitrogen and oxygen atoms in total. The Balaban J connectivity index is 1.76. The Hall–Kier alpha value is -2.55. The molecule has 0 aliphatic rings. The normalized spacial score (nSPS) is 12.3. The standard InChI is InChI=1S/C21H21O4P/c1-18(17-19-11-5-2-6-12-19)23-26(22,24-20-13-7-3-8-14-20)25-21-15-9-4-10-16-21/h2-16,18H,17H2,1H3. The first-order valence-electron chi connectivity index (χ1n) is 8.45. The third-order valence-electron chi connectivity index (χ3n) is 3.60. The highest BCUT2D eigenvalue weighted by Gasteiger charge is 2.33. The van der Waals surface area contributed by atoms with Gasteiger partial charge in [-0.1, -0.05) is 66.7 Å². The molecule has 0 amide bonds. The Labute approximate surface area is 154 Å². The van der Waals surface area contributed by atoms with Crippen LogP contribution in [0.2, 0.25) is 0 Å². The number of phosphoric ester groups is 1. The number of hydrogen-bond acceptors (Lipinski definition) is 4. The fraction of sp³-hybridized carbons (Fsp3) is 0.143. The molecule has 1 unspecified atom stereocenters. The van der Waals surface area contributed by atoms with Gasteiger partial charge in [0.1, 0.15) is 11.5 Å². The maximum atomic E-state index is 13.3. The molecule has 1 atom stereocenters. The Bertz CT molecular complexity index is 792. The summed E-state index contributed by atoms with van der Waals surface area (Å²) in [6.07, 6.45) is 0.247. The van der Waals surface area contributed by atoms with Gasteiger partial charge in [0.15, 0.2) is 0 Å². The van der Waals surface area contributed by atoms with Crippen molar-refractivity contribution in [3.63, 3.8) is 0 Å². The van der Waals surface area contributed by atoms with E-state index in [9.17, 15) is 4.57 Å². The van der Waals surface area contributed by atoms with E-state index in [1.54, 1.807) is 48.5 Å². The molecule has 0 bridgehead atoms. The van der Waals surface area contributed by atoms with Crippen LogP contribution in [0.4, 0.5) is 0 Å². The Kier molecular flexibility index (Phi) is 6.11. The fourth-order valence-electron chi connectivity index (χ4n) is 2.49. The van der Waals surface area contributed by atoms with Crippen LogP contribution in [-0.4, -0.2) is 6.10 Å². The average molecular weight is 368 g/mol. The van der Waals surface area contributed by atoms with Crippen LogP contribution in [0.3, 0.4) is 0 Å². The van der Waals surface area contributed by atoms with Crippen LogP contribution in [-0.2, 0) is 15.5 Å². The van der Waals surface area contributed by atoms with Crippen LogP contribution < -0.4 is 9.05 Å². The molecular weight excluding hydrogens is 347 g/mol. The van der Waals surface area contributed by atoms with Crippen molar-refractivity contribution >= 4 is 7.82 Å². The van der Waals surface area contributed by atoms with E-state index in [1.807, 2.05) is 49.4 Å². The molecule has 134 valence electrons. The minimum Gasteiger partial charge on any atom is -0.395 e. The molecule has 0 fully saturated rings. The van der Waals surface area contributed by atoms with Gasteiger partial charge in [-0.05, 0) is 43.2 Å². The summed E-state index contributed by atoms with van der Waals surface area (Å²) in [6.45, 7) is 1.85. The predicted molar refractivity (Wildman–Crippen MR) is 102 cm³/mol. The first kappa shape index (κ1) is 18.2. The molecule has 26 heavy (non-hydrogen) atoms. The van der Waals surface area contributed by atoms with Crippen LogP contribution in [0.5, 0.6) is 11.5 Å². The summed E-state index contributed by atoms with van der Waals surface area (Å²) in [4.78, 5) is 0. The molecule has 3 aromatic rings. The minimum absolute atomic E-state index is 0.351. The molecule has 0 aliphatic carbocycles. The lowest BCUT2D eigenvalue weighted by Crippen LogP contribution is -2.15. The average Bonchev–Trinajstić information content (AvgIpc) is 2.63. The lowest BCUT2D eigenvalue weighted by atomic mass is 10.1. The van der Waals surface area contributed by atoms with Crippen molar-refractivity contribution in [1.29, 1.82) is 0 Å². The van der Waals surface area contributed by atoms with Gasteiger partial charge in [-0.2, -0.15) is 0 Å². The summed E-state index contributed by atoms with van der Waals surface area (Å²) in [5, 5.41) is 0. The first-order chi connectivity index (χ1) is 12.6. The summed E-state index contributed by atoms with van der Waals surface area (Å²) in [6, 6.07) is 27.7. The molecule has 0 aromatic heterocycles. The maximum Gasteiger partial charge on any atom is 0.587 e. The molecule has 0 aliphatic heterocycles. The Morgan fingerprint density at radius 3 is 1.62 bits per heavy atom. The van der Waals surface area contributed by atoms with Crippen LogP contribution >= 0.6 is 7.82 Å². The zero-order valence-electron chi connectivity index (χ0n) is 14.5. The summed E-state index contributed by atoms with van der Waals surface area (Å²) in [7, 11) is -3.86. The number of rotatable bonds is 8. The van der Waals surface area contributed by atoms with Crippen LogP contribution in [0.25, 0.3) is 0 Å². The monoisotopic (exact) mass is 368 g/mol. The van der Waals surface area contributed by atoms with E-state index in [4.69, 9.17) is 13.6 Å². The van der Waals surface area contributed by atoms with E-state index in [0.717, 1.165) is 5.56 Å². The second-order valence-electron chi connectivity index (χ2n) is 5.86. The number of hydrogen-bond donors (Lipinski definition) is 0. The van der Waals surface area contributed by atoms with Crippen molar-refractivity contribution in [2.75, 3.05) is 0 Å². The van der Waals surface area contributed by atoms with E-state index in [-0.39, 0.29) is 6.10 Å². The van der Waals surface area contributed by atoms with Gasteiger partial charge in [0.2, 0.25) is 0 Å². The van der Waals surface area contributed by atoms with Gasteiger partial charge >= 0.3 is 7.82 Å². The molecule has 0 saturated heterocycles. The van der Waals surface area contributed by atoms with Gasteiger partial charge in [-0.25, -0.2) is 4.57 Å². The van der Waals surface area contributed by atoms with Gasteiger partial charge < -0.3 is 9.05 Å². The van der Waals surface area contributed by atoms with Crippen molar-refractivity contribution in [2.45, 2.75) is 19.4 Å². The van der Waals surface area contributed by atoms with Gasteiger partial charge in [-0.15, -0.1) is 0 Å². The molecule has 0 spiro atoms. The summed E-state index contributed by atoms with van der Waals surface area (Å²) >= 11 is 0. The lowest BCUT2D eigenvalue weighted by Gasteiger charge is -2.22. The SMILES string of the molecule is CC(Cc1ccccc1)OP(=O)(Oc1ccccc1)Oc1ccccc1. The van der Waals surface area contributed by atoms with Crippen molar-refractivity contribution in [1.82, 2.24) is 0 Å². The van der Waals surface area contributed by atoms with Gasteiger partial charge in [0.25, 0.3) is 0 Å². The van der Waals surface area contributed by atoms with Crippen molar-refractivity contribution in [3.8, 4) is 11.5 Å². The van der Waals surface area contributed by atoms with E-state index >= 15 is 0 Å². The summed E-state index contributed by atoms with van der Waals surface area (Å²) in [5.41, 5.74) is 1.09. The Morgan fingerprint density at radius 1 is 0.731 bits per heavy atom. The fourth-order valence-corrected chi connectivity index (χ4v) is 3.88. The second-order valence-corrected chi connectivity index (χ2v) is 7.33. The topological polar surface area (TPSA) is 44.8 Å². The van der Waals surface area contributed by atoms with Gasteiger partial charge in [0.05, 0.1) is 6.10 Å². The van der Waals surface area contributed by atoms with Crippen molar-refractivity contribution in [3.05, 3.63) is 96.6 Å². The number of benzene rings is 3. The molecule has 3 rings (SSSR count). The zero-order chi connectivity index (χ0) is 18.2. The summed E-state index contributed by atoms with van der Waals surface area (Å²) in [5.74, 6) is 0.859. The van der Waals surface area contributed by atoms with E-state index in [1.165, 1.54) is 0 Å². The third-order valence-corrected chi connectivity index (χ3v) is 5.08. The molecular formula is C21H21O4P. The molecule has 5 heteroatoms. The molecule has 0 heterocycles. The minimum atomic E-state index is -3.86. The third kappa shape index (κ3) is 5.48. The highest BCUT2D eigenvalue weighted by atomic mass is 31.2. The Morgan fingerprint density at radius 2 is 1.15 bits per heavy atom. The van der Waals surface area contributed by atoms with E-state index in [2.05, 4.69) is 0 Å². The van der Waals surface area contributed by atoms with E-state index in [0.29, 0.717) is 17.9 Å². The van der Waals surface area contributed by atoms with Gasteiger partial charge in [0, 0.05) is 0 Å². The van der Waals surface area contributed by atoms with Crippen LogP contribution in [0.1, 0.15) is 12.5 Å². The lowest BCUT2D eigenvalue weighted by molar-refractivity contribution is 0.154. The predicted octanol–water partition coefficient (Wildman–Crippen LogP) is 5.90. The smallest absolute Gasteiger partial charge is 0.395 e. The second kappa shape index (κ2) is 8.70. The van der Waals surface area contributed by atoms with Gasteiger partial charge in [-0.3, -0.25) is 4.52 Å². The maximum absolute atomic E-state index is 13.3. The van der Waals surface area contributed by atoms with Crippen molar-refractivity contribution < 1.29 is 18.1 Å².